The molecule has 1 aromatic heterocycles. The molecular weight excluding hydrogens is 373 g/mol. The number of nitrogens with one attached hydrogen (secondary N) is 2. The van der Waals surface area contributed by atoms with Crippen LogP contribution in [0.15, 0.2) is 66.7 Å². The van der Waals surface area contributed by atoms with Crippen LogP contribution in [0.2, 0.25) is 0 Å². The molecule has 2 N–H and O–H groups in total. The van der Waals surface area contributed by atoms with Crippen molar-refractivity contribution in [3.63, 3.8) is 0 Å². The summed E-state index contributed by atoms with van der Waals surface area (Å²) < 4.78 is 18.4. The number of anilines is 1. The molecule has 0 bridgehead atoms. The van der Waals surface area contributed by atoms with Crippen LogP contribution in [-0.2, 0) is 6.42 Å². The molecule has 0 saturated carbocycles. The molecule has 0 radical (unpaired) electrons. The number of hydrogen-bond donors (Lipinski definition) is 2. The standard InChI is InChI=1S/C22H20FN3O3/c1-29-18-10-8-15(9-11-18)12-13-24-21(27)19-6-3-7-20(26-19)22(28)25-17-5-2-4-16(23)14-17/h2-11,14H,12-13H2,1H3,(H,24,27)(H,25,28). The summed E-state index contributed by atoms with van der Waals surface area (Å²) in [4.78, 5) is 28.8. The third-order valence-electron chi connectivity index (χ3n) is 4.16. The Labute approximate surface area is 167 Å². The lowest BCUT2D eigenvalue weighted by atomic mass is 10.1. The van der Waals surface area contributed by atoms with Gasteiger partial charge in [-0.1, -0.05) is 24.3 Å². The summed E-state index contributed by atoms with van der Waals surface area (Å²) >= 11 is 0. The van der Waals surface area contributed by atoms with Crippen molar-refractivity contribution >= 4 is 17.5 Å². The van der Waals surface area contributed by atoms with Crippen LogP contribution >= 0.6 is 0 Å². The van der Waals surface area contributed by atoms with E-state index in [4.69, 9.17) is 4.74 Å². The molecule has 0 unspecified atom stereocenters. The first-order chi connectivity index (χ1) is 14.0. The van der Waals surface area contributed by atoms with E-state index in [2.05, 4.69) is 15.6 Å². The molecule has 0 atom stereocenters. The second-order valence-electron chi connectivity index (χ2n) is 6.23. The van der Waals surface area contributed by atoms with E-state index >= 15 is 0 Å². The summed E-state index contributed by atoms with van der Waals surface area (Å²) in [5.41, 5.74) is 1.57. The molecule has 6 nitrogen and oxygen atoms in total. The highest BCUT2D eigenvalue weighted by Gasteiger charge is 2.12. The topological polar surface area (TPSA) is 80.3 Å². The van der Waals surface area contributed by atoms with E-state index in [9.17, 15) is 14.0 Å². The van der Waals surface area contributed by atoms with E-state index in [0.717, 1.165) is 11.3 Å². The second-order valence-corrected chi connectivity index (χ2v) is 6.23. The third kappa shape index (κ3) is 5.62. The van der Waals surface area contributed by atoms with Gasteiger partial charge in [-0.3, -0.25) is 9.59 Å². The van der Waals surface area contributed by atoms with Crippen LogP contribution in [0.25, 0.3) is 0 Å². The first-order valence-electron chi connectivity index (χ1n) is 9.00. The normalized spacial score (nSPS) is 10.3. The van der Waals surface area contributed by atoms with E-state index in [1.54, 1.807) is 19.2 Å². The Hall–Kier alpha value is -3.74. The van der Waals surface area contributed by atoms with Crippen LogP contribution in [0.4, 0.5) is 10.1 Å². The lowest BCUT2D eigenvalue weighted by Gasteiger charge is -2.08. The van der Waals surface area contributed by atoms with Crippen molar-refractivity contribution in [3.05, 3.63) is 89.5 Å². The van der Waals surface area contributed by atoms with E-state index in [1.165, 1.54) is 30.3 Å². The van der Waals surface area contributed by atoms with Gasteiger partial charge in [-0.15, -0.1) is 0 Å². The van der Waals surface area contributed by atoms with Gasteiger partial charge in [0.15, 0.2) is 0 Å². The van der Waals surface area contributed by atoms with Crippen LogP contribution in [0.3, 0.4) is 0 Å². The molecule has 1 heterocycles. The van der Waals surface area contributed by atoms with Crippen LogP contribution in [-0.4, -0.2) is 30.5 Å². The second kappa shape index (κ2) is 9.45. The van der Waals surface area contributed by atoms with Crippen LogP contribution in [0.5, 0.6) is 5.75 Å². The summed E-state index contributed by atoms with van der Waals surface area (Å²) in [6.45, 7) is 0.423. The van der Waals surface area contributed by atoms with Crippen molar-refractivity contribution < 1.29 is 18.7 Å². The van der Waals surface area contributed by atoms with Crippen LogP contribution in [0.1, 0.15) is 26.5 Å². The molecule has 0 aliphatic rings. The Morgan fingerprint density at radius 2 is 1.66 bits per heavy atom. The number of ether oxygens (including phenoxy) is 1. The quantitative estimate of drug-likeness (QED) is 0.644. The highest BCUT2D eigenvalue weighted by molar-refractivity contribution is 6.03. The van der Waals surface area contributed by atoms with Gasteiger partial charge >= 0.3 is 0 Å². The summed E-state index contributed by atoms with van der Waals surface area (Å²) in [6.07, 6.45) is 0.648. The number of aromatic nitrogens is 1. The summed E-state index contributed by atoms with van der Waals surface area (Å²) in [5.74, 6) is -0.585. The maximum absolute atomic E-state index is 13.2. The Morgan fingerprint density at radius 3 is 2.34 bits per heavy atom. The number of carbonyl (C=O) groups excluding carboxylic acids is 2. The van der Waals surface area contributed by atoms with Gasteiger partial charge in [0.2, 0.25) is 0 Å². The first-order valence-corrected chi connectivity index (χ1v) is 9.00. The van der Waals surface area contributed by atoms with E-state index < -0.39 is 11.7 Å². The maximum atomic E-state index is 13.2. The van der Waals surface area contributed by atoms with Gasteiger partial charge in [-0.2, -0.15) is 0 Å². The van der Waals surface area contributed by atoms with Gasteiger partial charge in [-0.05, 0) is 54.4 Å². The van der Waals surface area contributed by atoms with Crippen molar-refractivity contribution in [2.75, 3.05) is 19.0 Å². The molecule has 0 aliphatic carbocycles. The predicted octanol–water partition coefficient (Wildman–Crippen LogP) is 3.45. The van der Waals surface area contributed by atoms with Crippen molar-refractivity contribution in [1.82, 2.24) is 10.3 Å². The largest absolute Gasteiger partial charge is 0.497 e. The summed E-state index contributed by atoms with van der Waals surface area (Å²) in [6, 6.07) is 17.7. The Balaban J connectivity index is 1.57. The van der Waals surface area contributed by atoms with E-state index in [0.29, 0.717) is 18.7 Å². The number of hydrogen-bond acceptors (Lipinski definition) is 4. The smallest absolute Gasteiger partial charge is 0.274 e. The number of carbonyl (C=O) groups is 2. The molecule has 0 spiro atoms. The number of benzene rings is 2. The van der Waals surface area contributed by atoms with Crippen LogP contribution in [0, 0.1) is 5.82 Å². The molecular formula is C22H20FN3O3. The molecule has 3 rings (SSSR count). The molecule has 7 heteroatoms. The summed E-state index contributed by atoms with van der Waals surface area (Å²) in [5, 5.41) is 5.34. The fourth-order valence-electron chi connectivity index (χ4n) is 2.65. The Morgan fingerprint density at radius 1 is 0.966 bits per heavy atom. The van der Waals surface area contributed by atoms with Gasteiger partial charge < -0.3 is 15.4 Å². The van der Waals surface area contributed by atoms with Crippen molar-refractivity contribution in [2.24, 2.45) is 0 Å². The number of amides is 2. The lowest BCUT2D eigenvalue weighted by Crippen LogP contribution is -2.27. The minimum atomic E-state index is -0.525. The number of pyridine rings is 1. The summed E-state index contributed by atoms with van der Waals surface area (Å²) in [7, 11) is 1.61. The number of nitrogens with zero attached hydrogens (tertiary/aromatic N) is 1. The van der Waals surface area contributed by atoms with Crippen molar-refractivity contribution in [3.8, 4) is 5.75 Å². The zero-order chi connectivity index (χ0) is 20.6. The van der Waals surface area contributed by atoms with E-state index in [-0.39, 0.29) is 17.3 Å². The molecule has 29 heavy (non-hydrogen) atoms. The number of rotatable bonds is 7. The predicted molar refractivity (Wildman–Crippen MR) is 108 cm³/mol. The fraction of sp³-hybridized carbons (Fsp3) is 0.136. The molecule has 0 fully saturated rings. The highest BCUT2D eigenvalue weighted by Crippen LogP contribution is 2.12. The average Bonchev–Trinajstić information content (AvgIpc) is 2.74. The SMILES string of the molecule is COc1ccc(CCNC(=O)c2cccc(C(=O)Nc3cccc(F)c3)n2)cc1. The zero-order valence-electron chi connectivity index (χ0n) is 15.8. The maximum Gasteiger partial charge on any atom is 0.274 e. The lowest BCUT2D eigenvalue weighted by molar-refractivity contribution is 0.0949. The van der Waals surface area contributed by atoms with E-state index in [1.807, 2.05) is 24.3 Å². The first kappa shape index (κ1) is 20.0. The highest BCUT2D eigenvalue weighted by atomic mass is 19.1. The third-order valence-corrected chi connectivity index (χ3v) is 4.16. The minimum Gasteiger partial charge on any atom is -0.497 e. The average molecular weight is 393 g/mol. The molecule has 2 amide bonds. The van der Waals surface area contributed by atoms with Gasteiger partial charge in [0, 0.05) is 12.2 Å². The monoisotopic (exact) mass is 393 g/mol. The Bertz CT molecular complexity index is 1010. The van der Waals surface area contributed by atoms with Gasteiger partial charge in [0.05, 0.1) is 7.11 Å². The zero-order valence-corrected chi connectivity index (χ0v) is 15.8. The van der Waals surface area contributed by atoms with Gasteiger partial charge in [-0.25, -0.2) is 9.37 Å². The fourth-order valence-corrected chi connectivity index (χ4v) is 2.65. The van der Waals surface area contributed by atoms with Gasteiger partial charge in [0.25, 0.3) is 11.8 Å². The number of methoxy groups -OCH3 is 1. The molecule has 3 aromatic rings. The molecule has 2 aromatic carbocycles. The number of halogens is 1. The van der Waals surface area contributed by atoms with Gasteiger partial charge in [0.1, 0.15) is 23.0 Å². The molecule has 0 saturated heterocycles. The molecule has 0 aliphatic heterocycles. The van der Waals surface area contributed by atoms with Crippen molar-refractivity contribution in [1.29, 1.82) is 0 Å². The molecule has 148 valence electrons. The Kier molecular flexibility index (Phi) is 6.52. The minimum absolute atomic E-state index is 0.0667. The van der Waals surface area contributed by atoms with Crippen LogP contribution < -0.4 is 15.4 Å². The van der Waals surface area contributed by atoms with Crippen molar-refractivity contribution in [2.45, 2.75) is 6.42 Å².